The van der Waals surface area contributed by atoms with Gasteiger partial charge in [-0.15, -0.1) is 0 Å². The number of ether oxygens (including phenoxy) is 1. The summed E-state index contributed by atoms with van der Waals surface area (Å²) in [5, 5.41) is 3.09. The third-order valence-electron chi connectivity index (χ3n) is 5.19. The molecule has 2 aromatic rings. The maximum absolute atomic E-state index is 12.5. The molecule has 6 nitrogen and oxygen atoms in total. The van der Waals surface area contributed by atoms with E-state index in [4.69, 9.17) is 4.74 Å². The lowest BCUT2D eigenvalue weighted by Crippen LogP contribution is -2.49. The Morgan fingerprint density at radius 2 is 1.85 bits per heavy atom. The second-order valence-corrected chi connectivity index (χ2v) is 6.67. The maximum atomic E-state index is 12.5. The molecule has 1 amide bonds. The standard InChI is InChI=1S/C21H28N4O2/c1-3-24-12-14-25(15-13-24)19(18-6-4-5-7-20(18)27-2)16-23-21(26)17-8-10-22-11-9-17/h4-11,19H,3,12-16H2,1-2H3,(H,23,26). The van der Waals surface area contributed by atoms with Gasteiger partial charge in [-0.25, -0.2) is 0 Å². The van der Waals surface area contributed by atoms with E-state index in [1.54, 1.807) is 31.6 Å². The van der Waals surface area contributed by atoms with Gasteiger partial charge in [0.05, 0.1) is 13.2 Å². The van der Waals surface area contributed by atoms with Crippen LogP contribution >= 0.6 is 0 Å². The number of hydrogen-bond donors (Lipinski definition) is 1. The Kier molecular flexibility index (Phi) is 6.79. The Hall–Kier alpha value is -2.44. The average Bonchev–Trinajstić information content (AvgIpc) is 2.75. The fourth-order valence-electron chi connectivity index (χ4n) is 3.56. The van der Waals surface area contributed by atoms with Crippen molar-refractivity contribution in [3.8, 4) is 5.75 Å². The van der Waals surface area contributed by atoms with Crippen LogP contribution in [0.1, 0.15) is 28.9 Å². The minimum atomic E-state index is -0.0792. The number of likely N-dealkylation sites (N-methyl/N-ethyl adjacent to an activating group) is 1. The number of carbonyl (C=O) groups excluding carboxylic acids is 1. The van der Waals surface area contributed by atoms with E-state index in [9.17, 15) is 4.79 Å². The fraction of sp³-hybridized carbons (Fsp3) is 0.429. The molecular formula is C21H28N4O2. The Balaban J connectivity index is 1.76. The molecule has 0 aliphatic carbocycles. The van der Waals surface area contributed by atoms with E-state index in [0.29, 0.717) is 12.1 Å². The number of methoxy groups -OCH3 is 1. The Morgan fingerprint density at radius 1 is 1.15 bits per heavy atom. The highest BCUT2D eigenvalue weighted by molar-refractivity contribution is 5.93. The summed E-state index contributed by atoms with van der Waals surface area (Å²) in [6.07, 6.45) is 3.27. The SMILES string of the molecule is CCN1CCN(C(CNC(=O)c2ccncc2)c2ccccc2OC)CC1. The second kappa shape index (κ2) is 9.48. The van der Waals surface area contributed by atoms with Crippen LogP contribution in [0.2, 0.25) is 0 Å². The molecule has 1 N–H and O–H groups in total. The lowest BCUT2D eigenvalue weighted by molar-refractivity contribution is 0.0850. The smallest absolute Gasteiger partial charge is 0.251 e. The number of nitrogens with one attached hydrogen (secondary N) is 1. The summed E-state index contributed by atoms with van der Waals surface area (Å²) in [6, 6.07) is 11.6. The largest absolute Gasteiger partial charge is 0.496 e. The molecule has 1 unspecified atom stereocenters. The number of pyridine rings is 1. The summed E-state index contributed by atoms with van der Waals surface area (Å²) < 4.78 is 5.59. The van der Waals surface area contributed by atoms with Crippen molar-refractivity contribution in [2.24, 2.45) is 0 Å². The predicted octanol–water partition coefficient (Wildman–Crippen LogP) is 2.20. The van der Waals surface area contributed by atoms with E-state index in [1.165, 1.54) is 0 Å². The molecule has 1 aromatic heterocycles. The third-order valence-corrected chi connectivity index (χ3v) is 5.19. The highest BCUT2D eigenvalue weighted by atomic mass is 16.5. The predicted molar refractivity (Wildman–Crippen MR) is 106 cm³/mol. The van der Waals surface area contributed by atoms with Gasteiger partial charge in [0, 0.05) is 56.2 Å². The summed E-state index contributed by atoms with van der Waals surface area (Å²) >= 11 is 0. The summed E-state index contributed by atoms with van der Waals surface area (Å²) in [7, 11) is 1.69. The van der Waals surface area contributed by atoms with Crippen LogP contribution in [0.4, 0.5) is 0 Å². The number of hydrogen-bond acceptors (Lipinski definition) is 5. The minimum absolute atomic E-state index is 0.0749. The lowest BCUT2D eigenvalue weighted by Gasteiger charge is -2.39. The number of benzene rings is 1. The zero-order valence-corrected chi connectivity index (χ0v) is 16.1. The van der Waals surface area contributed by atoms with Gasteiger partial charge in [-0.2, -0.15) is 0 Å². The minimum Gasteiger partial charge on any atom is -0.496 e. The molecular weight excluding hydrogens is 340 g/mol. The molecule has 1 aliphatic rings. The zero-order chi connectivity index (χ0) is 19.1. The number of rotatable bonds is 7. The Morgan fingerprint density at radius 3 is 2.52 bits per heavy atom. The van der Waals surface area contributed by atoms with Crippen molar-refractivity contribution in [2.75, 3.05) is 46.4 Å². The van der Waals surface area contributed by atoms with Crippen molar-refractivity contribution < 1.29 is 9.53 Å². The third kappa shape index (κ3) is 4.84. The lowest BCUT2D eigenvalue weighted by atomic mass is 10.0. The molecule has 0 bridgehead atoms. The van der Waals surface area contributed by atoms with Crippen molar-refractivity contribution in [1.82, 2.24) is 20.1 Å². The molecule has 0 radical (unpaired) electrons. The van der Waals surface area contributed by atoms with Crippen molar-refractivity contribution in [3.05, 3.63) is 59.9 Å². The molecule has 1 atom stereocenters. The molecule has 3 rings (SSSR count). The van der Waals surface area contributed by atoms with Gasteiger partial charge in [-0.3, -0.25) is 14.7 Å². The number of amides is 1. The summed E-state index contributed by atoms with van der Waals surface area (Å²) in [6.45, 7) is 7.84. The molecule has 144 valence electrons. The molecule has 1 aliphatic heterocycles. The first kappa shape index (κ1) is 19.3. The normalized spacial score (nSPS) is 16.7. The van der Waals surface area contributed by atoms with Gasteiger partial charge >= 0.3 is 0 Å². The summed E-state index contributed by atoms with van der Waals surface area (Å²) in [5.74, 6) is 0.781. The quantitative estimate of drug-likeness (QED) is 0.812. The van der Waals surface area contributed by atoms with Crippen LogP contribution in [0.5, 0.6) is 5.75 Å². The van der Waals surface area contributed by atoms with Crippen LogP contribution < -0.4 is 10.1 Å². The van der Waals surface area contributed by atoms with Crippen molar-refractivity contribution in [3.63, 3.8) is 0 Å². The number of nitrogens with zero attached hydrogens (tertiary/aromatic N) is 3. The van der Waals surface area contributed by atoms with Crippen LogP contribution in [0.15, 0.2) is 48.8 Å². The van der Waals surface area contributed by atoms with Gasteiger partial charge in [0.1, 0.15) is 5.75 Å². The second-order valence-electron chi connectivity index (χ2n) is 6.67. The van der Waals surface area contributed by atoms with E-state index in [1.807, 2.05) is 18.2 Å². The fourth-order valence-corrected chi connectivity index (χ4v) is 3.56. The first-order chi connectivity index (χ1) is 13.2. The molecule has 6 heteroatoms. The average molecular weight is 368 g/mol. The Labute approximate surface area is 161 Å². The molecule has 1 saturated heterocycles. The van der Waals surface area contributed by atoms with E-state index in [2.05, 4.69) is 33.1 Å². The van der Waals surface area contributed by atoms with Crippen LogP contribution in [0.3, 0.4) is 0 Å². The number of carbonyl (C=O) groups is 1. The van der Waals surface area contributed by atoms with Gasteiger partial charge in [-0.05, 0) is 24.7 Å². The topological polar surface area (TPSA) is 57.7 Å². The van der Waals surface area contributed by atoms with E-state index in [-0.39, 0.29) is 11.9 Å². The van der Waals surface area contributed by atoms with E-state index >= 15 is 0 Å². The van der Waals surface area contributed by atoms with Gasteiger partial charge in [0.2, 0.25) is 0 Å². The van der Waals surface area contributed by atoms with Crippen molar-refractivity contribution >= 4 is 5.91 Å². The maximum Gasteiger partial charge on any atom is 0.251 e. The van der Waals surface area contributed by atoms with Crippen LogP contribution in [0, 0.1) is 0 Å². The molecule has 27 heavy (non-hydrogen) atoms. The first-order valence-corrected chi connectivity index (χ1v) is 9.50. The number of piperazine rings is 1. The van der Waals surface area contributed by atoms with Gasteiger partial charge in [0.15, 0.2) is 0 Å². The van der Waals surface area contributed by atoms with E-state index < -0.39 is 0 Å². The molecule has 0 saturated carbocycles. The van der Waals surface area contributed by atoms with Crippen LogP contribution in [-0.2, 0) is 0 Å². The van der Waals surface area contributed by atoms with Crippen molar-refractivity contribution in [1.29, 1.82) is 0 Å². The number of aromatic nitrogens is 1. The summed E-state index contributed by atoms with van der Waals surface area (Å²) in [4.78, 5) is 21.4. The van der Waals surface area contributed by atoms with Gasteiger partial charge in [0.25, 0.3) is 5.91 Å². The number of para-hydroxylation sites is 1. The molecule has 1 aromatic carbocycles. The first-order valence-electron chi connectivity index (χ1n) is 9.50. The van der Waals surface area contributed by atoms with Crippen LogP contribution in [-0.4, -0.2) is 67.1 Å². The summed E-state index contributed by atoms with van der Waals surface area (Å²) in [5.41, 5.74) is 1.74. The van der Waals surface area contributed by atoms with Crippen molar-refractivity contribution in [2.45, 2.75) is 13.0 Å². The van der Waals surface area contributed by atoms with Gasteiger partial charge in [-0.1, -0.05) is 25.1 Å². The van der Waals surface area contributed by atoms with Gasteiger partial charge < -0.3 is 15.0 Å². The highest BCUT2D eigenvalue weighted by Gasteiger charge is 2.27. The van der Waals surface area contributed by atoms with Crippen LogP contribution in [0.25, 0.3) is 0 Å². The highest BCUT2D eigenvalue weighted by Crippen LogP contribution is 2.29. The molecule has 2 heterocycles. The van der Waals surface area contributed by atoms with E-state index in [0.717, 1.165) is 44.0 Å². The molecule has 1 fully saturated rings. The molecule has 0 spiro atoms. The monoisotopic (exact) mass is 368 g/mol. The Bertz CT molecular complexity index is 730. The zero-order valence-electron chi connectivity index (χ0n) is 16.1.